The van der Waals surface area contributed by atoms with Gasteiger partial charge in [-0.2, -0.15) is 0 Å². The van der Waals surface area contributed by atoms with Crippen molar-refractivity contribution in [3.8, 4) is 0 Å². The molecule has 4 N–H and O–H groups in total. The zero-order chi connectivity index (χ0) is 13.8. The molecule has 0 bridgehead atoms. The summed E-state index contributed by atoms with van der Waals surface area (Å²) in [4.78, 5) is 25.3. The van der Waals surface area contributed by atoms with Crippen LogP contribution in [0.15, 0.2) is 0 Å². The maximum Gasteiger partial charge on any atom is 0.240 e. The summed E-state index contributed by atoms with van der Waals surface area (Å²) < 4.78 is 0. The fraction of sp³-hybridized carbons (Fsp3) is 0.833. The minimum atomic E-state index is -0.505. The van der Waals surface area contributed by atoms with Crippen LogP contribution in [0.1, 0.15) is 26.7 Å². The van der Waals surface area contributed by atoms with Crippen molar-refractivity contribution >= 4 is 11.8 Å². The molecule has 1 fully saturated rings. The lowest BCUT2D eigenvalue weighted by molar-refractivity contribution is -0.131. The Hall–Kier alpha value is -1.14. The summed E-state index contributed by atoms with van der Waals surface area (Å²) in [6.07, 6.45) is 1.69. The molecule has 0 aromatic carbocycles. The largest absolute Gasteiger partial charge is 0.359 e. The number of likely N-dealkylation sites (tertiary alicyclic amines) is 1. The van der Waals surface area contributed by atoms with Gasteiger partial charge in [-0.3, -0.25) is 15.0 Å². The molecule has 0 atom stereocenters. The minimum absolute atomic E-state index is 0.109. The van der Waals surface area contributed by atoms with E-state index in [1.54, 1.807) is 7.05 Å². The molecule has 0 aromatic rings. The van der Waals surface area contributed by atoms with E-state index >= 15 is 0 Å². The molecule has 1 aliphatic heterocycles. The van der Waals surface area contributed by atoms with E-state index in [-0.39, 0.29) is 17.7 Å². The maximum atomic E-state index is 11.6. The summed E-state index contributed by atoms with van der Waals surface area (Å²) in [6.45, 7) is 6.11. The van der Waals surface area contributed by atoms with Crippen molar-refractivity contribution in [2.75, 3.05) is 26.7 Å². The van der Waals surface area contributed by atoms with Crippen molar-refractivity contribution in [1.82, 2.24) is 15.6 Å². The van der Waals surface area contributed by atoms with Gasteiger partial charge in [-0.25, -0.2) is 5.84 Å². The fourth-order valence-electron chi connectivity index (χ4n) is 2.38. The standard InChI is InChI=1S/C12H24N4O2/c1-12(2,11(18)15-13)8-16-6-4-9(5-7-16)10(17)14-3/h9H,4-8,13H2,1-3H3,(H,14,17)(H,15,18). The second-order valence-corrected chi connectivity index (χ2v) is 5.52. The number of amides is 2. The second kappa shape index (κ2) is 6.15. The van der Waals surface area contributed by atoms with Crippen LogP contribution in [0.2, 0.25) is 0 Å². The first-order chi connectivity index (χ1) is 8.40. The van der Waals surface area contributed by atoms with E-state index in [1.807, 2.05) is 13.8 Å². The quantitative estimate of drug-likeness (QED) is 0.358. The monoisotopic (exact) mass is 256 g/mol. The number of nitrogens with zero attached hydrogens (tertiary/aromatic N) is 1. The number of rotatable bonds is 4. The Morgan fingerprint density at radius 3 is 2.33 bits per heavy atom. The summed E-state index contributed by atoms with van der Waals surface area (Å²) in [5.41, 5.74) is 1.70. The molecule has 6 nitrogen and oxygen atoms in total. The van der Waals surface area contributed by atoms with Gasteiger partial charge in [-0.1, -0.05) is 0 Å². The van der Waals surface area contributed by atoms with Gasteiger partial charge >= 0.3 is 0 Å². The molecule has 1 aliphatic rings. The van der Waals surface area contributed by atoms with Gasteiger partial charge in [0.25, 0.3) is 0 Å². The number of carbonyl (C=O) groups is 2. The highest BCUT2D eigenvalue weighted by Crippen LogP contribution is 2.22. The highest BCUT2D eigenvalue weighted by Gasteiger charge is 2.32. The Kier molecular flexibility index (Phi) is 5.10. The van der Waals surface area contributed by atoms with Gasteiger partial charge in [-0.15, -0.1) is 0 Å². The Labute approximate surface area is 108 Å². The number of hydrogen-bond donors (Lipinski definition) is 3. The molecular weight excluding hydrogens is 232 g/mol. The molecule has 1 heterocycles. The molecule has 1 rings (SSSR count). The third kappa shape index (κ3) is 3.68. The molecule has 0 spiro atoms. The molecule has 6 heteroatoms. The van der Waals surface area contributed by atoms with E-state index in [4.69, 9.17) is 5.84 Å². The lowest BCUT2D eigenvalue weighted by Gasteiger charge is -2.35. The number of carbonyl (C=O) groups excluding carboxylic acids is 2. The lowest BCUT2D eigenvalue weighted by atomic mass is 9.89. The lowest BCUT2D eigenvalue weighted by Crippen LogP contribution is -2.49. The van der Waals surface area contributed by atoms with Crippen LogP contribution in [0, 0.1) is 11.3 Å². The molecule has 0 radical (unpaired) electrons. The van der Waals surface area contributed by atoms with Crippen LogP contribution in [-0.2, 0) is 9.59 Å². The van der Waals surface area contributed by atoms with Gasteiger partial charge in [0.1, 0.15) is 0 Å². The van der Waals surface area contributed by atoms with Crippen LogP contribution in [0.5, 0.6) is 0 Å². The molecule has 2 amide bonds. The fourth-order valence-corrected chi connectivity index (χ4v) is 2.38. The van der Waals surface area contributed by atoms with E-state index < -0.39 is 5.41 Å². The molecular formula is C12H24N4O2. The van der Waals surface area contributed by atoms with E-state index in [0.717, 1.165) is 25.9 Å². The summed E-state index contributed by atoms with van der Waals surface area (Å²) in [7, 11) is 1.67. The van der Waals surface area contributed by atoms with E-state index in [1.165, 1.54) is 0 Å². The predicted molar refractivity (Wildman–Crippen MR) is 69.3 cm³/mol. The number of piperidine rings is 1. The van der Waals surface area contributed by atoms with Gasteiger partial charge in [0.2, 0.25) is 11.8 Å². The van der Waals surface area contributed by atoms with Gasteiger partial charge in [0.05, 0.1) is 5.41 Å². The second-order valence-electron chi connectivity index (χ2n) is 5.52. The van der Waals surface area contributed by atoms with Gasteiger partial charge < -0.3 is 10.2 Å². The normalized spacial score (nSPS) is 18.4. The van der Waals surface area contributed by atoms with Crippen LogP contribution in [0.4, 0.5) is 0 Å². The van der Waals surface area contributed by atoms with E-state index in [0.29, 0.717) is 6.54 Å². The zero-order valence-electron chi connectivity index (χ0n) is 11.5. The third-order valence-electron chi connectivity index (χ3n) is 3.57. The van der Waals surface area contributed by atoms with Crippen LogP contribution in [-0.4, -0.2) is 43.4 Å². The first-order valence-corrected chi connectivity index (χ1v) is 6.35. The van der Waals surface area contributed by atoms with Crippen molar-refractivity contribution < 1.29 is 9.59 Å². The molecule has 0 aromatic heterocycles. The number of nitrogens with two attached hydrogens (primary N) is 1. The van der Waals surface area contributed by atoms with Crippen molar-refractivity contribution in [3.05, 3.63) is 0 Å². The Bertz CT molecular complexity index is 309. The highest BCUT2D eigenvalue weighted by atomic mass is 16.2. The van der Waals surface area contributed by atoms with Crippen LogP contribution < -0.4 is 16.6 Å². The predicted octanol–water partition coefficient (Wildman–Crippen LogP) is -0.539. The Morgan fingerprint density at radius 2 is 1.89 bits per heavy atom. The van der Waals surface area contributed by atoms with Crippen LogP contribution >= 0.6 is 0 Å². The molecule has 104 valence electrons. The molecule has 1 saturated heterocycles. The minimum Gasteiger partial charge on any atom is -0.359 e. The van der Waals surface area contributed by atoms with E-state index in [9.17, 15) is 9.59 Å². The summed E-state index contributed by atoms with van der Waals surface area (Å²) in [5.74, 6) is 5.24. The number of hydrazine groups is 1. The van der Waals surface area contributed by atoms with Crippen LogP contribution in [0.25, 0.3) is 0 Å². The van der Waals surface area contributed by atoms with Crippen molar-refractivity contribution in [3.63, 3.8) is 0 Å². The average Bonchev–Trinajstić information content (AvgIpc) is 2.37. The van der Waals surface area contributed by atoms with Crippen molar-refractivity contribution in [2.24, 2.45) is 17.2 Å². The maximum absolute atomic E-state index is 11.6. The van der Waals surface area contributed by atoms with Crippen molar-refractivity contribution in [1.29, 1.82) is 0 Å². The zero-order valence-corrected chi connectivity index (χ0v) is 11.5. The third-order valence-corrected chi connectivity index (χ3v) is 3.57. The topological polar surface area (TPSA) is 87.5 Å². The summed E-state index contributed by atoms with van der Waals surface area (Å²) in [6, 6.07) is 0. The first kappa shape index (κ1) is 14.9. The molecule has 0 aliphatic carbocycles. The molecule has 0 unspecified atom stereocenters. The van der Waals surface area contributed by atoms with E-state index in [2.05, 4.69) is 15.6 Å². The number of hydrogen-bond acceptors (Lipinski definition) is 4. The molecule has 18 heavy (non-hydrogen) atoms. The Balaban J connectivity index is 2.44. The van der Waals surface area contributed by atoms with Gasteiger partial charge in [-0.05, 0) is 39.8 Å². The Morgan fingerprint density at radius 1 is 1.33 bits per heavy atom. The average molecular weight is 256 g/mol. The van der Waals surface area contributed by atoms with Gasteiger partial charge in [0, 0.05) is 19.5 Å². The summed E-state index contributed by atoms with van der Waals surface area (Å²) >= 11 is 0. The number of nitrogens with one attached hydrogen (secondary N) is 2. The highest BCUT2D eigenvalue weighted by molar-refractivity contribution is 5.81. The molecule has 0 saturated carbocycles. The smallest absolute Gasteiger partial charge is 0.240 e. The SMILES string of the molecule is CNC(=O)C1CCN(CC(C)(C)C(=O)NN)CC1. The van der Waals surface area contributed by atoms with Crippen molar-refractivity contribution in [2.45, 2.75) is 26.7 Å². The van der Waals surface area contributed by atoms with Gasteiger partial charge in [0.15, 0.2) is 0 Å². The first-order valence-electron chi connectivity index (χ1n) is 6.35. The summed E-state index contributed by atoms with van der Waals surface area (Å²) in [5, 5.41) is 2.69. The van der Waals surface area contributed by atoms with Crippen LogP contribution in [0.3, 0.4) is 0 Å².